The normalized spacial score (nSPS) is 18.0. The van der Waals surface area contributed by atoms with Gasteiger partial charge in [-0.1, -0.05) is 29.0 Å². The van der Waals surface area contributed by atoms with Crippen LogP contribution < -0.4 is 4.80 Å². The Morgan fingerprint density at radius 1 is 1.30 bits per heavy atom. The molecule has 1 aliphatic heterocycles. The number of nitrogens with zero attached hydrogens (tertiary/aromatic N) is 3. The molecule has 0 saturated carbocycles. The summed E-state index contributed by atoms with van der Waals surface area (Å²) in [6.07, 6.45) is 5.01. The molecule has 1 amide bonds. The van der Waals surface area contributed by atoms with Crippen molar-refractivity contribution in [2.45, 2.75) is 29.2 Å². The number of hydrogen-bond acceptors (Lipinski definition) is 5. The van der Waals surface area contributed by atoms with Crippen LogP contribution >= 0.6 is 34.7 Å². The van der Waals surface area contributed by atoms with Crippen molar-refractivity contribution in [1.82, 2.24) is 8.87 Å². The van der Waals surface area contributed by atoms with Crippen LogP contribution in [0.15, 0.2) is 69.9 Å². The molecule has 10 heteroatoms. The number of thiazole rings is 1. The molecular weight excluding hydrogens is 498 g/mol. The molecule has 1 aliphatic rings. The molecule has 0 spiro atoms. The minimum Gasteiger partial charge on any atom is -0.313 e. The van der Waals surface area contributed by atoms with E-state index >= 15 is 0 Å². The predicted molar refractivity (Wildman–Crippen MR) is 135 cm³/mol. The van der Waals surface area contributed by atoms with Crippen LogP contribution in [0.4, 0.5) is 0 Å². The molecule has 4 rings (SSSR count). The third-order valence-corrected chi connectivity index (χ3v) is 9.49. The van der Waals surface area contributed by atoms with Gasteiger partial charge in [-0.15, -0.1) is 18.3 Å². The lowest BCUT2D eigenvalue weighted by Crippen LogP contribution is -2.42. The van der Waals surface area contributed by atoms with Crippen LogP contribution in [0.3, 0.4) is 0 Å². The maximum atomic E-state index is 13.1. The number of sulfonamides is 1. The SMILES string of the molecule is C=CCn1c(=NC(=O)C2CCCN(S(=O)(=O)c3ccc(Cl)cc3)C2)sc2cc(SC)ccc21. The van der Waals surface area contributed by atoms with Gasteiger partial charge in [0.15, 0.2) is 4.80 Å². The molecule has 33 heavy (non-hydrogen) atoms. The van der Waals surface area contributed by atoms with Gasteiger partial charge in [0.05, 0.1) is 21.0 Å². The topological polar surface area (TPSA) is 71.7 Å². The summed E-state index contributed by atoms with van der Waals surface area (Å²) in [4.78, 5) is 19.5. The van der Waals surface area contributed by atoms with E-state index in [2.05, 4.69) is 17.6 Å². The summed E-state index contributed by atoms with van der Waals surface area (Å²) in [5, 5.41) is 0.472. The number of rotatable bonds is 6. The fraction of sp³-hybridized carbons (Fsp3) is 0.304. The first kappa shape index (κ1) is 24.2. The summed E-state index contributed by atoms with van der Waals surface area (Å²) in [6.45, 7) is 4.86. The Morgan fingerprint density at radius 2 is 2.06 bits per heavy atom. The minimum atomic E-state index is -3.70. The molecule has 1 aromatic heterocycles. The maximum Gasteiger partial charge on any atom is 0.252 e. The number of piperidine rings is 1. The number of amides is 1. The number of thioether (sulfide) groups is 1. The van der Waals surface area contributed by atoms with E-state index in [1.807, 2.05) is 23.0 Å². The molecule has 1 fully saturated rings. The Kier molecular flexibility index (Phi) is 7.45. The molecule has 0 radical (unpaired) electrons. The van der Waals surface area contributed by atoms with Crippen molar-refractivity contribution >= 4 is 60.8 Å². The van der Waals surface area contributed by atoms with Gasteiger partial charge in [-0.3, -0.25) is 4.79 Å². The zero-order valence-electron chi connectivity index (χ0n) is 18.1. The average Bonchev–Trinajstić information content (AvgIpc) is 3.15. The fourth-order valence-corrected chi connectivity index (χ4v) is 7.12. The zero-order chi connectivity index (χ0) is 23.6. The van der Waals surface area contributed by atoms with Gasteiger partial charge < -0.3 is 4.57 Å². The highest BCUT2D eigenvalue weighted by Gasteiger charge is 2.33. The van der Waals surface area contributed by atoms with Gasteiger partial charge in [-0.25, -0.2) is 8.42 Å². The summed E-state index contributed by atoms with van der Waals surface area (Å²) in [7, 11) is -3.70. The smallest absolute Gasteiger partial charge is 0.252 e. The summed E-state index contributed by atoms with van der Waals surface area (Å²) < 4.78 is 30.5. The Balaban J connectivity index is 1.63. The van der Waals surface area contributed by atoms with E-state index in [0.717, 1.165) is 15.1 Å². The number of halogens is 1. The Bertz CT molecular complexity index is 1360. The molecule has 2 aromatic carbocycles. The molecule has 6 nitrogen and oxygen atoms in total. The second-order valence-corrected chi connectivity index (χ2v) is 12.0. The summed E-state index contributed by atoms with van der Waals surface area (Å²) >= 11 is 9.02. The van der Waals surface area contributed by atoms with E-state index < -0.39 is 15.9 Å². The highest BCUT2D eigenvalue weighted by molar-refractivity contribution is 7.98. The van der Waals surface area contributed by atoms with Crippen molar-refractivity contribution in [1.29, 1.82) is 0 Å². The molecule has 2 heterocycles. The number of aromatic nitrogens is 1. The van der Waals surface area contributed by atoms with Crippen LogP contribution in [0, 0.1) is 5.92 Å². The summed E-state index contributed by atoms with van der Waals surface area (Å²) in [5.74, 6) is -0.773. The summed E-state index contributed by atoms with van der Waals surface area (Å²) in [5.41, 5.74) is 1.000. The molecule has 1 atom stereocenters. The van der Waals surface area contributed by atoms with Crippen molar-refractivity contribution < 1.29 is 13.2 Å². The van der Waals surface area contributed by atoms with Crippen molar-refractivity contribution in [3.05, 3.63) is 64.9 Å². The van der Waals surface area contributed by atoms with Gasteiger partial charge in [0.2, 0.25) is 10.0 Å². The van der Waals surface area contributed by atoms with E-state index in [1.165, 1.54) is 27.8 Å². The molecule has 174 valence electrons. The monoisotopic (exact) mass is 521 g/mol. The standard InChI is InChI=1S/C23H24ClN3O3S3/c1-3-12-27-20-11-8-18(31-2)14-21(20)32-23(27)25-22(28)16-5-4-13-26(15-16)33(29,30)19-9-6-17(24)7-10-19/h3,6-11,14,16H,1,4-5,12-13,15H2,2H3. The lowest BCUT2D eigenvalue weighted by Gasteiger charge is -2.30. The van der Waals surface area contributed by atoms with E-state index in [9.17, 15) is 13.2 Å². The number of benzene rings is 2. The van der Waals surface area contributed by atoms with Crippen molar-refractivity contribution in [3.63, 3.8) is 0 Å². The Hall–Kier alpha value is -1.91. The number of carbonyl (C=O) groups excluding carboxylic acids is 1. The second-order valence-electron chi connectivity index (χ2n) is 7.72. The van der Waals surface area contributed by atoms with E-state index in [0.29, 0.717) is 35.8 Å². The summed E-state index contributed by atoms with van der Waals surface area (Å²) in [6, 6.07) is 12.3. The molecule has 0 bridgehead atoms. The zero-order valence-corrected chi connectivity index (χ0v) is 21.3. The molecule has 0 aliphatic carbocycles. The van der Waals surface area contributed by atoms with Gasteiger partial charge >= 0.3 is 0 Å². The van der Waals surface area contributed by atoms with Crippen molar-refractivity contribution in [2.75, 3.05) is 19.3 Å². The van der Waals surface area contributed by atoms with E-state index in [1.54, 1.807) is 30.0 Å². The van der Waals surface area contributed by atoms with Crippen molar-refractivity contribution in [3.8, 4) is 0 Å². The third-order valence-electron chi connectivity index (χ3n) is 5.59. The van der Waals surface area contributed by atoms with Crippen LogP contribution in [0.1, 0.15) is 12.8 Å². The quantitative estimate of drug-likeness (QED) is 0.345. The Morgan fingerprint density at radius 3 is 2.76 bits per heavy atom. The average molecular weight is 522 g/mol. The van der Waals surface area contributed by atoms with Gasteiger partial charge in [0.25, 0.3) is 5.91 Å². The molecule has 1 unspecified atom stereocenters. The molecule has 0 N–H and O–H groups in total. The first-order chi connectivity index (χ1) is 15.8. The third kappa shape index (κ3) is 5.12. The van der Waals surface area contributed by atoms with Crippen LogP contribution in [0.5, 0.6) is 0 Å². The Labute approximate surface area is 206 Å². The largest absolute Gasteiger partial charge is 0.313 e. The number of allylic oxidation sites excluding steroid dienone is 1. The van der Waals surface area contributed by atoms with Crippen LogP contribution in [-0.4, -0.2) is 42.5 Å². The molecule has 3 aromatic rings. The van der Waals surface area contributed by atoms with Gasteiger partial charge in [-0.05, 0) is 61.6 Å². The first-order valence-electron chi connectivity index (χ1n) is 10.5. The highest BCUT2D eigenvalue weighted by Crippen LogP contribution is 2.27. The van der Waals surface area contributed by atoms with Crippen LogP contribution in [-0.2, 0) is 21.4 Å². The van der Waals surface area contributed by atoms with Gasteiger partial charge in [0, 0.05) is 29.6 Å². The second kappa shape index (κ2) is 10.1. The van der Waals surface area contributed by atoms with Gasteiger partial charge in [-0.2, -0.15) is 9.30 Å². The van der Waals surface area contributed by atoms with Gasteiger partial charge in [0.1, 0.15) is 0 Å². The lowest BCUT2D eigenvalue weighted by molar-refractivity contribution is -0.122. The predicted octanol–water partition coefficient (Wildman–Crippen LogP) is 4.79. The maximum absolute atomic E-state index is 13.1. The number of fused-ring (bicyclic) bond motifs is 1. The van der Waals surface area contributed by atoms with E-state index in [4.69, 9.17) is 11.6 Å². The van der Waals surface area contributed by atoms with E-state index in [-0.39, 0.29) is 17.3 Å². The number of hydrogen-bond donors (Lipinski definition) is 0. The van der Waals surface area contributed by atoms with Crippen LogP contribution in [0.25, 0.3) is 10.2 Å². The first-order valence-corrected chi connectivity index (χ1v) is 14.3. The fourth-order valence-electron chi connectivity index (χ4n) is 3.87. The highest BCUT2D eigenvalue weighted by atomic mass is 35.5. The molecular formula is C23H24ClN3O3S3. The molecule has 1 saturated heterocycles. The minimum absolute atomic E-state index is 0.121. The van der Waals surface area contributed by atoms with Crippen LogP contribution in [0.2, 0.25) is 5.02 Å². The lowest BCUT2D eigenvalue weighted by atomic mass is 9.99. The van der Waals surface area contributed by atoms with Crippen molar-refractivity contribution in [2.24, 2.45) is 10.9 Å². The number of carbonyl (C=O) groups is 1.